The Morgan fingerprint density at radius 1 is 1.10 bits per heavy atom. The zero-order chi connectivity index (χ0) is 21.7. The number of hydrogen-bond donors (Lipinski definition) is 2. The lowest BCUT2D eigenvalue weighted by Crippen LogP contribution is -2.47. The van der Waals surface area contributed by atoms with Crippen molar-refractivity contribution in [3.8, 4) is 5.75 Å². The average molecular weight is 409 g/mol. The van der Waals surface area contributed by atoms with E-state index in [1.165, 1.54) is 0 Å². The summed E-state index contributed by atoms with van der Waals surface area (Å²) in [6.07, 6.45) is 1.38. The van der Waals surface area contributed by atoms with Crippen LogP contribution in [0.1, 0.15) is 37.0 Å². The van der Waals surface area contributed by atoms with Crippen LogP contribution in [0.5, 0.6) is 5.75 Å². The van der Waals surface area contributed by atoms with Gasteiger partial charge < -0.3 is 20.3 Å². The lowest BCUT2D eigenvalue weighted by Gasteiger charge is -2.22. The summed E-state index contributed by atoms with van der Waals surface area (Å²) in [5, 5.41) is 5.68. The Morgan fingerprint density at radius 2 is 1.83 bits per heavy atom. The van der Waals surface area contributed by atoms with E-state index in [1.54, 1.807) is 54.5 Å². The van der Waals surface area contributed by atoms with Gasteiger partial charge in [0.05, 0.1) is 7.11 Å². The number of carbonyl (C=O) groups excluding carboxylic acids is 3. The van der Waals surface area contributed by atoms with Crippen LogP contribution in [0, 0.1) is 5.92 Å². The molecule has 7 heteroatoms. The van der Waals surface area contributed by atoms with Gasteiger partial charge in [0.15, 0.2) is 0 Å². The van der Waals surface area contributed by atoms with Crippen molar-refractivity contribution in [3.05, 3.63) is 54.1 Å². The van der Waals surface area contributed by atoms with Crippen LogP contribution in [-0.4, -0.2) is 37.4 Å². The van der Waals surface area contributed by atoms with Crippen molar-refractivity contribution in [3.63, 3.8) is 0 Å². The molecule has 1 aliphatic rings. The second kappa shape index (κ2) is 9.43. The molecule has 1 saturated heterocycles. The summed E-state index contributed by atoms with van der Waals surface area (Å²) in [6, 6.07) is 13.2. The van der Waals surface area contributed by atoms with Gasteiger partial charge >= 0.3 is 0 Å². The third-order valence-electron chi connectivity index (χ3n) is 5.09. The van der Waals surface area contributed by atoms with Gasteiger partial charge in [-0.15, -0.1) is 0 Å². The van der Waals surface area contributed by atoms with Gasteiger partial charge in [-0.3, -0.25) is 14.4 Å². The first-order valence-corrected chi connectivity index (χ1v) is 10.0. The van der Waals surface area contributed by atoms with Gasteiger partial charge in [-0.2, -0.15) is 0 Å². The molecule has 0 radical (unpaired) electrons. The zero-order valence-electron chi connectivity index (χ0n) is 17.5. The minimum atomic E-state index is -0.711. The van der Waals surface area contributed by atoms with Crippen molar-refractivity contribution in [2.75, 3.05) is 23.9 Å². The van der Waals surface area contributed by atoms with Crippen molar-refractivity contribution in [2.24, 2.45) is 5.92 Å². The van der Waals surface area contributed by atoms with Gasteiger partial charge in [-0.25, -0.2) is 0 Å². The topological polar surface area (TPSA) is 87.7 Å². The summed E-state index contributed by atoms with van der Waals surface area (Å²) in [5.41, 5.74) is 1.80. The second-order valence-electron chi connectivity index (χ2n) is 7.61. The Kier molecular flexibility index (Phi) is 6.72. The number of methoxy groups -OCH3 is 1. The Labute approximate surface area is 176 Å². The highest BCUT2D eigenvalue weighted by Gasteiger charge is 2.26. The van der Waals surface area contributed by atoms with Gasteiger partial charge in [-0.1, -0.05) is 19.9 Å². The molecule has 158 valence electrons. The van der Waals surface area contributed by atoms with Gasteiger partial charge in [0, 0.05) is 29.9 Å². The third-order valence-corrected chi connectivity index (χ3v) is 5.09. The fraction of sp³-hybridized carbons (Fsp3) is 0.348. The molecule has 1 atom stereocenters. The van der Waals surface area contributed by atoms with Crippen LogP contribution in [0.2, 0.25) is 0 Å². The van der Waals surface area contributed by atoms with E-state index in [0.29, 0.717) is 30.0 Å². The summed E-state index contributed by atoms with van der Waals surface area (Å²) < 4.78 is 5.11. The summed E-state index contributed by atoms with van der Waals surface area (Å²) in [4.78, 5) is 39.2. The summed E-state index contributed by atoms with van der Waals surface area (Å²) >= 11 is 0. The monoisotopic (exact) mass is 409 g/mol. The van der Waals surface area contributed by atoms with Crippen molar-refractivity contribution in [1.29, 1.82) is 0 Å². The SMILES string of the molecule is COc1ccc(C(=O)N[C@H](C(=O)Nc2cccc(N3CCCC3=O)c2)C(C)C)cc1. The molecule has 0 saturated carbocycles. The molecule has 30 heavy (non-hydrogen) atoms. The standard InChI is InChI=1S/C23H27N3O4/c1-15(2)21(25-22(28)16-9-11-19(30-3)12-10-16)23(29)24-17-6-4-7-18(14-17)26-13-5-8-20(26)27/h4,6-7,9-12,14-15,21H,5,8,13H2,1-3H3,(H,24,29)(H,25,28)/t21-/m0/s1. The smallest absolute Gasteiger partial charge is 0.251 e. The maximum atomic E-state index is 12.9. The van der Waals surface area contributed by atoms with E-state index < -0.39 is 6.04 Å². The van der Waals surface area contributed by atoms with Gasteiger partial charge in [0.2, 0.25) is 11.8 Å². The van der Waals surface area contributed by atoms with E-state index in [4.69, 9.17) is 4.74 Å². The first-order valence-electron chi connectivity index (χ1n) is 10.0. The van der Waals surface area contributed by atoms with E-state index in [-0.39, 0.29) is 23.6 Å². The van der Waals surface area contributed by atoms with Crippen LogP contribution in [0.4, 0.5) is 11.4 Å². The number of ether oxygens (including phenoxy) is 1. The Bertz CT molecular complexity index is 924. The summed E-state index contributed by atoms with van der Waals surface area (Å²) in [5.74, 6) is -0.0124. The van der Waals surface area contributed by atoms with E-state index in [2.05, 4.69) is 10.6 Å². The lowest BCUT2D eigenvalue weighted by molar-refractivity contribution is -0.119. The molecule has 1 heterocycles. The molecule has 0 spiro atoms. The quantitative estimate of drug-likeness (QED) is 0.735. The number of hydrogen-bond acceptors (Lipinski definition) is 4. The average Bonchev–Trinajstić information content (AvgIpc) is 3.17. The Hall–Kier alpha value is -3.35. The summed E-state index contributed by atoms with van der Waals surface area (Å²) in [6.45, 7) is 4.43. The predicted octanol–water partition coefficient (Wildman–Crippen LogP) is 3.22. The predicted molar refractivity (Wildman–Crippen MR) is 116 cm³/mol. The molecule has 0 bridgehead atoms. The fourth-order valence-electron chi connectivity index (χ4n) is 3.39. The van der Waals surface area contributed by atoms with Gasteiger partial charge in [0.25, 0.3) is 5.91 Å². The number of amides is 3. The number of nitrogens with zero attached hydrogens (tertiary/aromatic N) is 1. The normalized spacial score (nSPS) is 14.5. The van der Waals surface area contributed by atoms with E-state index in [1.807, 2.05) is 19.9 Å². The highest BCUT2D eigenvalue weighted by molar-refractivity contribution is 6.02. The highest BCUT2D eigenvalue weighted by Crippen LogP contribution is 2.24. The van der Waals surface area contributed by atoms with E-state index in [0.717, 1.165) is 12.1 Å². The second-order valence-corrected chi connectivity index (χ2v) is 7.61. The number of anilines is 2. The first kappa shape index (κ1) is 21.4. The molecule has 3 rings (SSSR count). The Balaban J connectivity index is 1.69. The first-order chi connectivity index (χ1) is 14.4. The third kappa shape index (κ3) is 4.97. The maximum Gasteiger partial charge on any atom is 0.251 e. The largest absolute Gasteiger partial charge is 0.497 e. The molecule has 2 aromatic carbocycles. The maximum absolute atomic E-state index is 12.9. The van der Waals surface area contributed by atoms with Crippen LogP contribution in [-0.2, 0) is 9.59 Å². The molecule has 1 aliphatic heterocycles. The lowest BCUT2D eigenvalue weighted by atomic mass is 10.0. The van der Waals surface area contributed by atoms with Crippen molar-refractivity contribution in [2.45, 2.75) is 32.7 Å². The molecule has 2 N–H and O–H groups in total. The number of nitrogens with one attached hydrogen (secondary N) is 2. The van der Waals surface area contributed by atoms with Crippen LogP contribution in [0.25, 0.3) is 0 Å². The molecular weight excluding hydrogens is 382 g/mol. The minimum absolute atomic E-state index is 0.0882. The zero-order valence-corrected chi connectivity index (χ0v) is 17.5. The molecule has 0 unspecified atom stereocenters. The van der Waals surface area contributed by atoms with E-state index >= 15 is 0 Å². The number of benzene rings is 2. The molecule has 7 nitrogen and oxygen atoms in total. The highest BCUT2D eigenvalue weighted by atomic mass is 16.5. The van der Waals surface area contributed by atoms with Crippen LogP contribution < -0.4 is 20.3 Å². The molecule has 3 amide bonds. The van der Waals surface area contributed by atoms with Crippen molar-refractivity contribution < 1.29 is 19.1 Å². The molecule has 1 fully saturated rings. The van der Waals surface area contributed by atoms with Crippen LogP contribution in [0.15, 0.2) is 48.5 Å². The van der Waals surface area contributed by atoms with Crippen LogP contribution in [0.3, 0.4) is 0 Å². The number of carbonyl (C=O) groups is 3. The van der Waals surface area contributed by atoms with Crippen molar-refractivity contribution >= 4 is 29.1 Å². The molecule has 0 aliphatic carbocycles. The molecule has 2 aromatic rings. The fourth-order valence-corrected chi connectivity index (χ4v) is 3.39. The summed E-state index contributed by atoms with van der Waals surface area (Å²) in [7, 11) is 1.56. The Morgan fingerprint density at radius 3 is 2.43 bits per heavy atom. The van der Waals surface area contributed by atoms with Crippen molar-refractivity contribution in [1.82, 2.24) is 5.32 Å². The minimum Gasteiger partial charge on any atom is -0.497 e. The molecular formula is C23H27N3O4. The van der Waals surface area contributed by atoms with Gasteiger partial charge in [0.1, 0.15) is 11.8 Å². The number of rotatable bonds is 7. The molecule has 0 aromatic heterocycles. The van der Waals surface area contributed by atoms with E-state index in [9.17, 15) is 14.4 Å². The van der Waals surface area contributed by atoms with Gasteiger partial charge in [-0.05, 0) is 54.8 Å². The van der Waals surface area contributed by atoms with Crippen LogP contribution >= 0.6 is 0 Å².